The molecule has 0 heterocycles. The SMILES string of the molecule is CC(C)=NNC(=S)N(O)O. The first-order valence-corrected chi connectivity index (χ1v) is 2.93. The van der Waals surface area contributed by atoms with Gasteiger partial charge in [-0.15, -0.1) is 0 Å². The Kier molecular flexibility index (Phi) is 3.85. The molecule has 0 saturated heterocycles. The standard InChI is InChI=1S/C4H9N3O2S/c1-3(2)5-6-4(10)7(8)9/h8-9H,1-2H3,(H,6,10). The van der Waals surface area contributed by atoms with Crippen molar-refractivity contribution in [2.45, 2.75) is 13.8 Å². The number of hydroxylamine groups is 2. The third-order valence-corrected chi connectivity index (χ3v) is 0.811. The van der Waals surface area contributed by atoms with Crippen molar-refractivity contribution >= 4 is 23.0 Å². The summed E-state index contributed by atoms with van der Waals surface area (Å²) >= 11 is 4.40. The molecule has 10 heavy (non-hydrogen) atoms. The van der Waals surface area contributed by atoms with Gasteiger partial charge in [-0.25, -0.2) is 5.43 Å². The summed E-state index contributed by atoms with van der Waals surface area (Å²) < 4.78 is 0. The minimum atomic E-state index is -0.263. The summed E-state index contributed by atoms with van der Waals surface area (Å²) in [5.74, 6) is 0. The topological polar surface area (TPSA) is 68.1 Å². The first-order chi connectivity index (χ1) is 4.54. The molecule has 0 aliphatic rings. The monoisotopic (exact) mass is 163 g/mol. The number of hydrogen-bond acceptors (Lipinski definition) is 4. The molecule has 0 radical (unpaired) electrons. The molecule has 0 unspecified atom stereocenters. The van der Waals surface area contributed by atoms with Crippen molar-refractivity contribution in [3.63, 3.8) is 0 Å². The lowest BCUT2D eigenvalue weighted by Crippen LogP contribution is -2.32. The highest BCUT2D eigenvalue weighted by Gasteiger charge is 1.97. The van der Waals surface area contributed by atoms with Gasteiger partial charge < -0.3 is 0 Å². The van der Waals surface area contributed by atoms with Crippen molar-refractivity contribution in [1.82, 2.24) is 10.7 Å². The molecular formula is C4H9N3O2S. The van der Waals surface area contributed by atoms with E-state index < -0.39 is 0 Å². The molecule has 0 aromatic heterocycles. The van der Waals surface area contributed by atoms with Gasteiger partial charge in [0.15, 0.2) is 0 Å². The predicted octanol–water partition coefficient (Wildman–Crippen LogP) is 0.337. The lowest BCUT2D eigenvalue weighted by Gasteiger charge is -2.06. The average molecular weight is 163 g/mol. The Balaban J connectivity index is 3.71. The van der Waals surface area contributed by atoms with Crippen LogP contribution in [0.4, 0.5) is 0 Å². The van der Waals surface area contributed by atoms with Crippen LogP contribution in [0.15, 0.2) is 5.10 Å². The molecule has 58 valence electrons. The Bertz CT molecular complexity index is 153. The molecule has 0 spiro atoms. The summed E-state index contributed by atoms with van der Waals surface area (Å²) in [6, 6.07) is 0. The van der Waals surface area contributed by atoms with Crippen LogP contribution >= 0.6 is 12.2 Å². The molecule has 0 saturated carbocycles. The van der Waals surface area contributed by atoms with Crippen LogP contribution in [-0.4, -0.2) is 26.5 Å². The van der Waals surface area contributed by atoms with Gasteiger partial charge in [0.1, 0.15) is 0 Å². The second-order valence-electron chi connectivity index (χ2n) is 1.77. The van der Waals surface area contributed by atoms with E-state index in [0.29, 0.717) is 0 Å². The van der Waals surface area contributed by atoms with E-state index in [1.807, 2.05) is 0 Å². The van der Waals surface area contributed by atoms with Crippen LogP contribution in [0, 0.1) is 0 Å². The van der Waals surface area contributed by atoms with E-state index >= 15 is 0 Å². The minimum absolute atomic E-state index is 0.207. The normalized spacial score (nSPS) is 8.40. The van der Waals surface area contributed by atoms with Crippen LogP contribution in [-0.2, 0) is 0 Å². The van der Waals surface area contributed by atoms with Gasteiger partial charge in [0.05, 0.1) is 0 Å². The van der Waals surface area contributed by atoms with Gasteiger partial charge in [-0.1, -0.05) is 5.23 Å². The zero-order valence-corrected chi connectivity index (χ0v) is 6.51. The zero-order chi connectivity index (χ0) is 8.15. The highest BCUT2D eigenvalue weighted by Crippen LogP contribution is 1.77. The Morgan fingerprint density at radius 1 is 1.50 bits per heavy atom. The van der Waals surface area contributed by atoms with Gasteiger partial charge in [-0.3, -0.25) is 10.4 Å². The third-order valence-electron chi connectivity index (χ3n) is 0.557. The number of nitrogens with one attached hydrogen (secondary N) is 1. The van der Waals surface area contributed by atoms with Gasteiger partial charge in [-0.05, 0) is 26.1 Å². The molecule has 0 aliphatic carbocycles. The number of nitrogens with zero attached hydrogens (tertiary/aromatic N) is 2. The Morgan fingerprint density at radius 3 is 2.30 bits per heavy atom. The average Bonchev–Trinajstić information content (AvgIpc) is 1.82. The second-order valence-corrected chi connectivity index (χ2v) is 2.15. The molecule has 6 heteroatoms. The summed E-state index contributed by atoms with van der Waals surface area (Å²) in [5, 5.41) is 19.6. The highest BCUT2D eigenvalue weighted by molar-refractivity contribution is 7.80. The minimum Gasteiger partial charge on any atom is -0.262 e. The lowest BCUT2D eigenvalue weighted by atomic mass is 10.5. The maximum atomic E-state index is 8.25. The van der Waals surface area contributed by atoms with Crippen LogP contribution in [0.2, 0.25) is 0 Å². The van der Waals surface area contributed by atoms with E-state index in [2.05, 4.69) is 22.7 Å². The Labute approximate surface area is 63.9 Å². The maximum absolute atomic E-state index is 8.25. The largest absolute Gasteiger partial charge is 0.262 e. The first kappa shape index (κ1) is 9.28. The van der Waals surface area contributed by atoms with Crippen molar-refractivity contribution in [3.8, 4) is 0 Å². The second kappa shape index (κ2) is 4.15. The van der Waals surface area contributed by atoms with Crippen molar-refractivity contribution in [3.05, 3.63) is 0 Å². The summed E-state index contributed by atoms with van der Waals surface area (Å²) in [6.07, 6.45) is 0. The van der Waals surface area contributed by atoms with Crippen LogP contribution in [0.1, 0.15) is 13.8 Å². The van der Waals surface area contributed by atoms with Crippen molar-refractivity contribution in [1.29, 1.82) is 0 Å². The van der Waals surface area contributed by atoms with Crippen LogP contribution in [0.5, 0.6) is 0 Å². The van der Waals surface area contributed by atoms with Gasteiger partial charge in [-0.2, -0.15) is 5.10 Å². The van der Waals surface area contributed by atoms with E-state index in [0.717, 1.165) is 5.71 Å². The molecule has 0 aromatic carbocycles. The van der Waals surface area contributed by atoms with Crippen LogP contribution in [0.3, 0.4) is 0 Å². The fourth-order valence-electron chi connectivity index (χ4n) is 0.204. The van der Waals surface area contributed by atoms with Gasteiger partial charge in [0.2, 0.25) is 5.11 Å². The fraction of sp³-hybridized carbons (Fsp3) is 0.500. The van der Waals surface area contributed by atoms with Crippen molar-refractivity contribution in [2.75, 3.05) is 0 Å². The predicted molar refractivity (Wildman–Crippen MR) is 39.9 cm³/mol. The molecule has 0 bridgehead atoms. The third kappa shape index (κ3) is 4.19. The van der Waals surface area contributed by atoms with Crippen LogP contribution < -0.4 is 5.43 Å². The summed E-state index contributed by atoms with van der Waals surface area (Å²) in [7, 11) is 0. The van der Waals surface area contributed by atoms with E-state index in [1.165, 1.54) is 0 Å². The molecule has 5 nitrogen and oxygen atoms in total. The van der Waals surface area contributed by atoms with E-state index in [1.54, 1.807) is 13.8 Å². The smallest absolute Gasteiger partial charge is 0.242 e. The number of thiocarbonyl (C=S) groups is 1. The summed E-state index contributed by atoms with van der Waals surface area (Å²) in [4.78, 5) is 0. The van der Waals surface area contributed by atoms with Crippen LogP contribution in [0.25, 0.3) is 0 Å². The Hall–Kier alpha value is -0.720. The molecule has 0 fully saturated rings. The summed E-state index contributed by atoms with van der Waals surface area (Å²) in [5.41, 5.74) is 2.97. The van der Waals surface area contributed by atoms with E-state index in [9.17, 15) is 0 Å². The zero-order valence-electron chi connectivity index (χ0n) is 5.70. The lowest BCUT2D eigenvalue weighted by molar-refractivity contribution is -0.244. The molecule has 0 atom stereocenters. The van der Waals surface area contributed by atoms with Gasteiger partial charge in [0.25, 0.3) is 0 Å². The fourth-order valence-corrected chi connectivity index (χ4v) is 0.250. The van der Waals surface area contributed by atoms with E-state index in [-0.39, 0.29) is 10.3 Å². The number of hydrazone groups is 1. The van der Waals surface area contributed by atoms with Crippen molar-refractivity contribution < 1.29 is 10.4 Å². The first-order valence-electron chi connectivity index (χ1n) is 2.52. The van der Waals surface area contributed by atoms with Gasteiger partial charge in [0, 0.05) is 5.71 Å². The molecule has 0 amide bonds. The molecule has 0 rings (SSSR count). The molecule has 3 N–H and O–H groups in total. The summed E-state index contributed by atoms with van der Waals surface area (Å²) in [6.45, 7) is 3.49. The van der Waals surface area contributed by atoms with E-state index in [4.69, 9.17) is 10.4 Å². The number of hydrogen-bond donors (Lipinski definition) is 3. The highest BCUT2D eigenvalue weighted by atomic mass is 32.1. The van der Waals surface area contributed by atoms with Crippen molar-refractivity contribution in [2.24, 2.45) is 5.10 Å². The molecule has 0 aromatic rings. The number of rotatable bonds is 1. The quantitative estimate of drug-likeness (QED) is 0.295. The Morgan fingerprint density at radius 2 is 2.00 bits per heavy atom. The maximum Gasteiger partial charge on any atom is 0.242 e. The van der Waals surface area contributed by atoms with Gasteiger partial charge >= 0.3 is 0 Å². The molecule has 0 aliphatic heterocycles. The molecular weight excluding hydrogens is 154 g/mol.